The van der Waals surface area contributed by atoms with E-state index in [1.807, 2.05) is 17.7 Å². The summed E-state index contributed by atoms with van der Waals surface area (Å²) in [7, 11) is 1.90. The summed E-state index contributed by atoms with van der Waals surface area (Å²) in [4.78, 5) is 4.38. The van der Waals surface area contributed by atoms with Crippen LogP contribution < -0.4 is 5.73 Å². The van der Waals surface area contributed by atoms with Crippen LogP contribution in [0.3, 0.4) is 0 Å². The summed E-state index contributed by atoms with van der Waals surface area (Å²) in [5, 5.41) is 8.63. The minimum absolute atomic E-state index is 0.612. The molecule has 2 heterocycles. The Kier molecular flexibility index (Phi) is 2.67. The summed E-state index contributed by atoms with van der Waals surface area (Å²) in [6, 6.07) is 5.43. The van der Waals surface area contributed by atoms with Gasteiger partial charge in [0.15, 0.2) is 10.7 Å². The van der Waals surface area contributed by atoms with Gasteiger partial charge in [-0.1, -0.05) is 11.8 Å². The number of nitrogen functional groups attached to an aromatic ring is 1. The molecule has 18 heavy (non-hydrogen) atoms. The zero-order valence-electron chi connectivity index (χ0n) is 9.70. The maximum atomic E-state index is 5.70. The van der Waals surface area contributed by atoms with Gasteiger partial charge in [0, 0.05) is 12.7 Å². The number of thioether (sulfide) groups is 1. The summed E-state index contributed by atoms with van der Waals surface area (Å²) in [6.45, 7) is 0. The SMILES string of the molecule is Cn1cnnc1SCc1nc2cc(N)ccc2o1. The maximum Gasteiger partial charge on any atom is 0.205 e. The molecule has 0 atom stereocenters. The van der Waals surface area contributed by atoms with E-state index >= 15 is 0 Å². The Morgan fingerprint density at radius 3 is 3.11 bits per heavy atom. The van der Waals surface area contributed by atoms with E-state index in [1.54, 1.807) is 18.5 Å². The first-order valence-electron chi connectivity index (χ1n) is 5.34. The first-order valence-corrected chi connectivity index (χ1v) is 6.32. The van der Waals surface area contributed by atoms with Gasteiger partial charge in [-0.15, -0.1) is 10.2 Å². The molecule has 2 aromatic heterocycles. The molecule has 0 bridgehead atoms. The van der Waals surface area contributed by atoms with Crippen molar-refractivity contribution in [2.24, 2.45) is 7.05 Å². The molecule has 0 aliphatic heterocycles. The Balaban J connectivity index is 1.81. The number of nitrogens with two attached hydrogens (primary N) is 1. The third-order valence-corrected chi connectivity index (χ3v) is 3.47. The summed E-state index contributed by atoms with van der Waals surface area (Å²) >= 11 is 1.53. The molecule has 0 spiro atoms. The van der Waals surface area contributed by atoms with Crippen molar-refractivity contribution in [2.75, 3.05) is 5.73 Å². The third-order valence-electron chi connectivity index (χ3n) is 2.45. The monoisotopic (exact) mass is 261 g/mol. The summed E-state index contributed by atoms with van der Waals surface area (Å²) < 4.78 is 7.47. The number of nitrogens with zero attached hydrogens (tertiary/aromatic N) is 4. The smallest absolute Gasteiger partial charge is 0.205 e. The van der Waals surface area contributed by atoms with Crippen molar-refractivity contribution in [1.82, 2.24) is 19.7 Å². The van der Waals surface area contributed by atoms with Gasteiger partial charge in [-0.2, -0.15) is 0 Å². The lowest BCUT2D eigenvalue weighted by atomic mass is 10.3. The first-order chi connectivity index (χ1) is 8.72. The van der Waals surface area contributed by atoms with Gasteiger partial charge in [0.25, 0.3) is 0 Å². The Labute approximate surface area is 107 Å². The topological polar surface area (TPSA) is 82.8 Å². The van der Waals surface area contributed by atoms with E-state index < -0.39 is 0 Å². The Morgan fingerprint density at radius 2 is 2.33 bits per heavy atom. The molecule has 6 nitrogen and oxygen atoms in total. The van der Waals surface area contributed by atoms with Crippen molar-refractivity contribution in [2.45, 2.75) is 10.9 Å². The number of hydrogen-bond acceptors (Lipinski definition) is 6. The quantitative estimate of drug-likeness (QED) is 0.572. The second kappa shape index (κ2) is 4.34. The zero-order valence-corrected chi connectivity index (χ0v) is 10.5. The fraction of sp³-hybridized carbons (Fsp3) is 0.182. The molecule has 1 aromatic carbocycles. The molecule has 7 heteroatoms. The Bertz CT molecular complexity index is 690. The zero-order chi connectivity index (χ0) is 12.5. The van der Waals surface area contributed by atoms with Crippen LogP contribution in [0, 0.1) is 0 Å². The van der Waals surface area contributed by atoms with Crippen LogP contribution >= 0.6 is 11.8 Å². The lowest BCUT2D eigenvalue weighted by Gasteiger charge is -1.96. The lowest BCUT2D eigenvalue weighted by Crippen LogP contribution is -1.89. The van der Waals surface area contributed by atoms with Crippen LogP contribution in [0.2, 0.25) is 0 Å². The van der Waals surface area contributed by atoms with Gasteiger partial charge in [-0.3, -0.25) is 0 Å². The third kappa shape index (κ3) is 2.04. The van der Waals surface area contributed by atoms with Crippen molar-refractivity contribution in [3.63, 3.8) is 0 Å². The molecule has 92 valence electrons. The molecule has 0 radical (unpaired) electrons. The Morgan fingerprint density at radius 1 is 1.44 bits per heavy atom. The van der Waals surface area contributed by atoms with Crippen molar-refractivity contribution >= 4 is 28.5 Å². The largest absolute Gasteiger partial charge is 0.440 e. The molecule has 0 saturated carbocycles. The summed E-state index contributed by atoms with van der Waals surface area (Å²) in [6.07, 6.45) is 1.66. The van der Waals surface area contributed by atoms with E-state index in [0.717, 1.165) is 16.3 Å². The number of oxazole rings is 1. The highest BCUT2D eigenvalue weighted by molar-refractivity contribution is 7.98. The van der Waals surface area contributed by atoms with E-state index in [1.165, 1.54) is 11.8 Å². The molecular weight excluding hydrogens is 250 g/mol. The van der Waals surface area contributed by atoms with Gasteiger partial charge < -0.3 is 14.7 Å². The highest BCUT2D eigenvalue weighted by Crippen LogP contribution is 2.23. The van der Waals surface area contributed by atoms with Crippen molar-refractivity contribution in [1.29, 1.82) is 0 Å². The number of aryl methyl sites for hydroxylation is 1. The number of rotatable bonds is 3. The van der Waals surface area contributed by atoms with Gasteiger partial charge in [-0.25, -0.2) is 4.98 Å². The number of fused-ring (bicyclic) bond motifs is 1. The number of aromatic nitrogens is 4. The van der Waals surface area contributed by atoms with Crippen molar-refractivity contribution in [3.8, 4) is 0 Å². The van der Waals surface area contributed by atoms with Gasteiger partial charge >= 0.3 is 0 Å². The molecule has 0 saturated heterocycles. The molecular formula is C11H11N5OS. The normalized spacial score (nSPS) is 11.2. The molecule has 0 unspecified atom stereocenters. The molecule has 0 amide bonds. The van der Waals surface area contributed by atoms with Crippen LogP contribution in [0.25, 0.3) is 11.1 Å². The van der Waals surface area contributed by atoms with E-state index in [2.05, 4.69) is 15.2 Å². The standard InChI is InChI=1S/C11H11N5OS/c1-16-6-13-15-11(16)18-5-10-14-8-4-7(12)2-3-9(8)17-10/h2-4,6H,5,12H2,1H3. The van der Waals surface area contributed by atoms with Gasteiger partial charge in [0.05, 0.1) is 5.75 Å². The molecule has 0 aliphatic carbocycles. The number of anilines is 1. The number of hydrogen-bond donors (Lipinski definition) is 1. The van der Waals surface area contributed by atoms with Crippen LogP contribution in [-0.4, -0.2) is 19.7 Å². The van der Waals surface area contributed by atoms with Crippen molar-refractivity contribution < 1.29 is 4.42 Å². The van der Waals surface area contributed by atoms with E-state index in [0.29, 0.717) is 17.3 Å². The van der Waals surface area contributed by atoms with E-state index in [9.17, 15) is 0 Å². The van der Waals surface area contributed by atoms with Crippen LogP contribution in [0.4, 0.5) is 5.69 Å². The predicted molar refractivity (Wildman–Crippen MR) is 69.0 cm³/mol. The van der Waals surface area contributed by atoms with Crippen LogP contribution in [0.5, 0.6) is 0 Å². The second-order valence-corrected chi connectivity index (χ2v) is 4.79. The van der Waals surface area contributed by atoms with Crippen molar-refractivity contribution in [3.05, 3.63) is 30.4 Å². The van der Waals surface area contributed by atoms with Crippen LogP contribution in [-0.2, 0) is 12.8 Å². The van der Waals surface area contributed by atoms with E-state index in [4.69, 9.17) is 10.2 Å². The second-order valence-electron chi connectivity index (χ2n) is 3.85. The van der Waals surface area contributed by atoms with Crippen LogP contribution in [0.1, 0.15) is 5.89 Å². The summed E-state index contributed by atoms with van der Waals surface area (Å²) in [5.41, 5.74) is 7.91. The highest BCUT2D eigenvalue weighted by Gasteiger charge is 2.08. The minimum Gasteiger partial charge on any atom is -0.440 e. The maximum absolute atomic E-state index is 5.70. The number of benzene rings is 1. The van der Waals surface area contributed by atoms with Gasteiger partial charge in [0.1, 0.15) is 11.8 Å². The average Bonchev–Trinajstić information content (AvgIpc) is 2.92. The molecule has 3 aromatic rings. The van der Waals surface area contributed by atoms with Crippen LogP contribution in [0.15, 0.2) is 34.1 Å². The minimum atomic E-state index is 0.612. The fourth-order valence-electron chi connectivity index (χ4n) is 1.58. The molecule has 3 rings (SSSR count). The molecule has 0 aliphatic rings. The average molecular weight is 261 g/mol. The Hall–Kier alpha value is -2.02. The lowest BCUT2D eigenvalue weighted by molar-refractivity contribution is 0.555. The molecule has 0 fully saturated rings. The van der Waals surface area contributed by atoms with Gasteiger partial charge in [0.2, 0.25) is 5.89 Å². The van der Waals surface area contributed by atoms with E-state index in [-0.39, 0.29) is 0 Å². The molecule has 2 N–H and O–H groups in total. The first kappa shape index (κ1) is 11.1. The fourth-order valence-corrected chi connectivity index (χ4v) is 2.32. The summed E-state index contributed by atoms with van der Waals surface area (Å²) in [5.74, 6) is 1.27. The van der Waals surface area contributed by atoms with Gasteiger partial charge in [-0.05, 0) is 18.2 Å². The predicted octanol–water partition coefficient (Wildman–Crippen LogP) is 1.83. The highest BCUT2D eigenvalue weighted by atomic mass is 32.2.